The zero-order valence-corrected chi connectivity index (χ0v) is 10.8. The van der Waals surface area contributed by atoms with Gasteiger partial charge < -0.3 is 0 Å². The quantitative estimate of drug-likeness (QED) is 0.707. The Morgan fingerprint density at radius 1 is 1.00 bits per heavy atom. The van der Waals surface area contributed by atoms with Crippen molar-refractivity contribution in [3.05, 3.63) is 59.7 Å². The third-order valence-corrected chi connectivity index (χ3v) is 3.62. The summed E-state index contributed by atoms with van der Waals surface area (Å²) in [5, 5.41) is 11.2. The topological polar surface area (TPSA) is 49.6 Å². The number of thiophene rings is 1. The van der Waals surface area contributed by atoms with E-state index < -0.39 is 0 Å². The summed E-state index contributed by atoms with van der Waals surface area (Å²) in [4.78, 5) is 9.70. The molecule has 3 heterocycles. The van der Waals surface area contributed by atoms with Crippen molar-refractivity contribution in [2.75, 3.05) is 0 Å². The van der Waals surface area contributed by atoms with Crippen LogP contribution in [0.2, 0.25) is 0 Å². The molecule has 0 aliphatic heterocycles. The molecule has 0 N–H and O–H groups in total. The molecule has 0 radical (unpaired) electrons. The molecular formula is C15H9N3S. The maximum atomic E-state index is 9.26. The van der Waals surface area contributed by atoms with E-state index in [1.54, 1.807) is 17.5 Å². The zero-order chi connectivity index (χ0) is 13.1. The number of pyridine rings is 2. The molecule has 0 fully saturated rings. The number of rotatable bonds is 2. The second kappa shape index (κ2) is 5.01. The van der Waals surface area contributed by atoms with Crippen molar-refractivity contribution in [1.82, 2.24) is 9.97 Å². The van der Waals surface area contributed by atoms with Crippen LogP contribution in [0.4, 0.5) is 0 Å². The molecule has 3 rings (SSSR count). The van der Waals surface area contributed by atoms with E-state index >= 15 is 0 Å². The molecule has 0 saturated heterocycles. The zero-order valence-electron chi connectivity index (χ0n) is 9.95. The van der Waals surface area contributed by atoms with Gasteiger partial charge in [0, 0.05) is 16.6 Å². The van der Waals surface area contributed by atoms with E-state index in [9.17, 15) is 5.26 Å². The minimum atomic E-state index is 0.436. The van der Waals surface area contributed by atoms with Crippen LogP contribution in [0.3, 0.4) is 0 Å². The monoisotopic (exact) mass is 263 g/mol. The fourth-order valence-corrected chi connectivity index (χ4v) is 2.58. The van der Waals surface area contributed by atoms with Crippen molar-refractivity contribution in [3.8, 4) is 27.9 Å². The fourth-order valence-electron chi connectivity index (χ4n) is 1.83. The highest BCUT2D eigenvalue weighted by atomic mass is 32.1. The normalized spacial score (nSPS) is 10.1. The van der Waals surface area contributed by atoms with Gasteiger partial charge in [0.05, 0.1) is 11.4 Å². The molecule has 0 atom stereocenters. The number of aromatic nitrogens is 2. The van der Waals surface area contributed by atoms with Gasteiger partial charge in [-0.25, -0.2) is 4.98 Å². The first-order valence-electron chi connectivity index (χ1n) is 5.75. The average Bonchev–Trinajstić information content (AvgIpc) is 3.01. The Hall–Kier alpha value is -2.51. The van der Waals surface area contributed by atoms with E-state index in [1.807, 2.05) is 47.8 Å². The van der Waals surface area contributed by atoms with Crippen LogP contribution in [0.5, 0.6) is 0 Å². The minimum absolute atomic E-state index is 0.436. The summed E-state index contributed by atoms with van der Waals surface area (Å²) >= 11 is 1.60. The van der Waals surface area contributed by atoms with Crippen LogP contribution in [0, 0.1) is 11.3 Å². The predicted octanol–water partition coefficient (Wildman–Crippen LogP) is 3.74. The van der Waals surface area contributed by atoms with E-state index in [0.717, 1.165) is 21.8 Å². The fraction of sp³-hybridized carbons (Fsp3) is 0. The lowest BCUT2D eigenvalue weighted by Crippen LogP contribution is -1.92. The predicted molar refractivity (Wildman–Crippen MR) is 75.5 cm³/mol. The third-order valence-electron chi connectivity index (χ3n) is 2.72. The molecule has 19 heavy (non-hydrogen) atoms. The SMILES string of the molecule is N#Cc1nc(-c2ccccn2)ccc1-c1cccs1. The molecule has 0 bridgehead atoms. The highest BCUT2D eigenvalue weighted by Crippen LogP contribution is 2.28. The highest BCUT2D eigenvalue weighted by molar-refractivity contribution is 7.13. The van der Waals surface area contributed by atoms with Crippen LogP contribution in [0.25, 0.3) is 21.8 Å². The van der Waals surface area contributed by atoms with E-state index in [4.69, 9.17) is 0 Å². The Morgan fingerprint density at radius 3 is 2.63 bits per heavy atom. The molecule has 3 nitrogen and oxygen atoms in total. The maximum absolute atomic E-state index is 9.26. The molecule has 3 aromatic heterocycles. The molecule has 0 amide bonds. The van der Waals surface area contributed by atoms with Crippen molar-refractivity contribution < 1.29 is 0 Å². The lowest BCUT2D eigenvalue weighted by atomic mass is 10.1. The van der Waals surface area contributed by atoms with Gasteiger partial charge in [-0.3, -0.25) is 4.98 Å². The van der Waals surface area contributed by atoms with E-state index in [0.29, 0.717) is 5.69 Å². The first kappa shape index (κ1) is 11.6. The van der Waals surface area contributed by atoms with E-state index in [2.05, 4.69) is 16.0 Å². The molecule has 0 spiro atoms. The van der Waals surface area contributed by atoms with Crippen LogP contribution in [-0.4, -0.2) is 9.97 Å². The first-order chi connectivity index (χ1) is 9.38. The standard InChI is InChI=1S/C15H9N3S/c16-10-14-11(15-5-3-9-19-15)6-7-13(18-14)12-4-1-2-8-17-12/h1-9H. The number of nitriles is 1. The molecule has 0 aliphatic rings. The molecule has 0 aromatic carbocycles. The maximum Gasteiger partial charge on any atom is 0.149 e. The van der Waals surface area contributed by atoms with Gasteiger partial charge >= 0.3 is 0 Å². The molecule has 0 aliphatic carbocycles. The van der Waals surface area contributed by atoms with Gasteiger partial charge in [-0.05, 0) is 35.7 Å². The molecular weight excluding hydrogens is 254 g/mol. The Labute approximate surface area is 114 Å². The van der Waals surface area contributed by atoms with Gasteiger partial charge in [-0.15, -0.1) is 11.3 Å². The molecule has 0 saturated carbocycles. The second-order valence-electron chi connectivity index (χ2n) is 3.90. The minimum Gasteiger partial charge on any atom is -0.255 e. The number of nitrogens with zero attached hydrogens (tertiary/aromatic N) is 3. The molecule has 4 heteroatoms. The Morgan fingerprint density at radius 2 is 1.95 bits per heavy atom. The van der Waals surface area contributed by atoms with E-state index in [1.165, 1.54) is 0 Å². The van der Waals surface area contributed by atoms with E-state index in [-0.39, 0.29) is 0 Å². The van der Waals surface area contributed by atoms with Crippen molar-refractivity contribution >= 4 is 11.3 Å². The van der Waals surface area contributed by atoms with Crippen molar-refractivity contribution in [2.24, 2.45) is 0 Å². The summed E-state index contributed by atoms with van der Waals surface area (Å²) in [6, 6.07) is 15.6. The van der Waals surface area contributed by atoms with Gasteiger partial charge in [-0.2, -0.15) is 5.26 Å². The van der Waals surface area contributed by atoms with Gasteiger partial charge in [0.15, 0.2) is 0 Å². The summed E-state index contributed by atoms with van der Waals surface area (Å²) in [6.45, 7) is 0. The number of hydrogen-bond donors (Lipinski definition) is 0. The van der Waals surface area contributed by atoms with Crippen molar-refractivity contribution in [3.63, 3.8) is 0 Å². The lowest BCUT2D eigenvalue weighted by molar-refractivity contribution is 1.22. The Balaban J connectivity index is 2.11. The molecule has 0 unspecified atom stereocenters. The lowest BCUT2D eigenvalue weighted by Gasteiger charge is -2.04. The van der Waals surface area contributed by atoms with Crippen molar-refractivity contribution in [2.45, 2.75) is 0 Å². The van der Waals surface area contributed by atoms with Crippen LogP contribution in [0.1, 0.15) is 5.69 Å². The van der Waals surface area contributed by atoms with Gasteiger partial charge in [0.2, 0.25) is 0 Å². The largest absolute Gasteiger partial charge is 0.255 e. The smallest absolute Gasteiger partial charge is 0.149 e. The Bertz CT molecular complexity index is 728. The average molecular weight is 263 g/mol. The molecule has 90 valence electrons. The van der Waals surface area contributed by atoms with Crippen LogP contribution < -0.4 is 0 Å². The van der Waals surface area contributed by atoms with Crippen LogP contribution in [-0.2, 0) is 0 Å². The highest BCUT2D eigenvalue weighted by Gasteiger charge is 2.09. The second-order valence-corrected chi connectivity index (χ2v) is 4.84. The Kier molecular flexibility index (Phi) is 3.05. The van der Waals surface area contributed by atoms with Gasteiger partial charge in [0.25, 0.3) is 0 Å². The summed E-state index contributed by atoms with van der Waals surface area (Å²) < 4.78 is 0. The van der Waals surface area contributed by atoms with Crippen LogP contribution in [0.15, 0.2) is 54.0 Å². The van der Waals surface area contributed by atoms with Gasteiger partial charge in [0.1, 0.15) is 11.8 Å². The molecule has 3 aromatic rings. The number of hydrogen-bond acceptors (Lipinski definition) is 4. The summed E-state index contributed by atoms with van der Waals surface area (Å²) in [5.74, 6) is 0. The summed E-state index contributed by atoms with van der Waals surface area (Å²) in [5.41, 5.74) is 2.80. The third kappa shape index (κ3) is 2.24. The van der Waals surface area contributed by atoms with Crippen LogP contribution >= 0.6 is 11.3 Å². The summed E-state index contributed by atoms with van der Waals surface area (Å²) in [6.07, 6.45) is 1.72. The summed E-state index contributed by atoms with van der Waals surface area (Å²) in [7, 11) is 0. The van der Waals surface area contributed by atoms with Crippen molar-refractivity contribution in [1.29, 1.82) is 5.26 Å². The first-order valence-corrected chi connectivity index (χ1v) is 6.63. The van der Waals surface area contributed by atoms with Gasteiger partial charge in [-0.1, -0.05) is 12.1 Å².